The van der Waals surface area contributed by atoms with Crippen LogP contribution in [0.15, 0.2) is 36.4 Å². The highest BCUT2D eigenvalue weighted by Gasteiger charge is 2.08. The highest BCUT2D eigenvalue weighted by molar-refractivity contribution is 5.92. The largest absolute Gasteiger partial charge is 0.496 e. The van der Waals surface area contributed by atoms with Gasteiger partial charge >= 0.3 is 0 Å². The molecular weight excluding hydrogens is 300 g/mol. The van der Waals surface area contributed by atoms with E-state index in [0.29, 0.717) is 19.5 Å². The fourth-order valence-corrected chi connectivity index (χ4v) is 2.85. The van der Waals surface area contributed by atoms with E-state index >= 15 is 0 Å². The number of hydrogen-bond acceptors (Lipinski definition) is 3. The molecule has 1 amide bonds. The normalized spacial score (nSPS) is 10.5. The molecule has 4 heteroatoms. The summed E-state index contributed by atoms with van der Waals surface area (Å²) in [6.45, 7) is 7.41. The monoisotopic (exact) mass is 326 g/mol. The molecule has 2 aromatic rings. The van der Waals surface area contributed by atoms with Crippen molar-refractivity contribution in [1.82, 2.24) is 5.32 Å². The molecule has 0 unspecified atom stereocenters. The Morgan fingerprint density at radius 1 is 1.08 bits per heavy atom. The van der Waals surface area contributed by atoms with Crippen LogP contribution in [0.4, 0.5) is 5.69 Å². The van der Waals surface area contributed by atoms with Crippen molar-refractivity contribution in [2.75, 3.05) is 19.0 Å². The summed E-state index contributed by atoms with van der Waals surface area (Å²) in [7, 11) is 1.67. The minimum absolute atomic E-state index is 0.0255. The van der Waals surface area contributed by atoms with Gasteiger partial charge in [-0.15, -0.1) is 0 Å². The number of benzene rings is 2. The SMILES string of the molecule is COc1ccccc1CNCCC(=O)Nc1c(C)cc(C)cc1C. The molecule has 2 N–H and O–H groups in total. The van der Waals surface area contributed by atoms with E-state index < -0.39 is 0 Å². The number of para-hydroxylation sites is 1. The molecule has 0 bridgehead atoms. The summed E-state index contributed by atoms with van der Waals surface area (Å²) in [6, 6.07) is 12.1. The van der Waals surface area contributed by atoms with Gasteiger partial charge in [-0.25, -0.2) is 0 Å². The van der Waals surface area contributed by atoms with Crippen molar-refractivity contribution in [2.45, 2.75) is 33.7 Å². The zero-order valence-electron chi connectivity index (χ0n) is 14.9. The Balaban J connectivity index is 1.82. The number of hydrogen-bond donors (Lipinski definition) is 2. The van der Waals surface area contributed by atoms with Crippen molar-refractivity contribution >= 4 is 11.6 Å². The zero-order valence-corrected chi connectivity index (χ0v) is 14.9. The number of carbonyl (C=O) groups is 1. The maximum atomic E-state index is 12.2. The van der Waals surface area contributed by atoms with Gasteiger partial charge in [0.25, 0.3) is 0 Å². The summed E-state index contributed by atoms with van der Waals surface area (Å²) in [5.41, 5.74) is 5.42. The van der Waals surface area contributed by atoms with Crippen LogP contribution in [-0.4, -0.2) is 19.6 Å². The molecule has 0 aliphatic rings. The van der Waals surface area contributed by atoms with E-state index in [4.69, 9.17) is 4.74 Å². The van der Waals surface area contributed by atoms with Gasteiger partial charge in [-0.2, -0.15) is 0 Å². The number of amides is 1. The Kier molecular flexibility index (Phi) is 6.38. The number of anilines is 1. The van der Waals surface area contributed by atoms with Crippen molar-refractivity contribution < 1.29 is 9.53 Å². The number of carbonyl (C=O) groups excluding carboxylic acids is 1. The topological polar surface area (TPSA) is 50.4 Å². The van der Waals surface area contributed by atoms with Crippen LogP contribution in [0, 0.1) is 20.8 Å². The van der Waals surface area contributed by atoms with Crippen molar-refractivity contribution in [1.29, 1.82) is 0 Å². The second-order valence-electron chi connectivity index (χ2n) is 6.06. The van der Waals surface area contributed by atoms with Crippen LogP contribution in [0.3, 0.4) is 0 Å². The maximum Gasteiger partial charge on any atom is 0.225 e. The van der Waals surface area contributed by atoms with Gasteiger partial charge in [-0.1, -0.05) is 35.9 Å². The van der Waals surface area contributed by atoms with Gasteiger partial charge in [0.2, 0.25) is 5.91 Å². The van der Waals surface area contributed by atoms with E-state index in [1.54, 1.807) is 7.11 Å². The zero-order chi connectivity index (χ0) is 17.5. The molecule has 0 spiro atoms. The highest BCUT2D eigenvalue weighted by Crippen LogP contribution is 2.22. The number of methoxy groups -OCH3 is 1. The first-order valence-corrected chi connectivity index (χ1v) is 8.21. The van der Waals surface area contributed by atoms with Crippen LogP contribution in [-0.2, 0) is 11.3 Å². The summed E-state index contributed by atoms with van der Waals surface area (Å²) in [6.07, 6.45) is 0.432. The van der Waals surface area contributed by atoms with Crippen LogP contribution in [0.5, 0.6) is 5.75 Å². The Hall–Kier alpha value is -2.33. The molecule has 0 fully saturated rings. The average molecular weight is 326 g/mol. The second kappa shape index (κ2) is 8.50. The number of rotatable bonds is 7. The molecule has 2 rings (SSSR count). The second-order valence-corrected chi connectivity index (χ2v) is 6.06. The van der Waals surface area contributed by atoms with Gasteiger partial charge < -0.3 is 15.4 Å². The molecule has 0 heterocycles. The molecule has 128 valence electrons. The first kappa shape index (κ1) is 18.0. The molecule has 0 atom stereocenters. The molecule has 0 aliphatic heterocycles. The lowest BCUT2D eigenvalue weighted by Gasteiger charge is -2.13. The van der Waals surface area contributed by atoms with Gasteiger partial charge in [0.15, 0.2) is 0 Å². The van der Waals surface area contributed by atoms with Crippen LogP contribution in [0.1, 0.15) is 28.7 Å². The van der Waals surface area contributed by atoms with E-state index in [-0.39, 0.29) is 5.91 Å². The first-order chi connectivity index (χ1) is 11.5. The van der Waals surface area contributed by atoms with Gasteiger partial charge in [0.05, 0.1) is 7.11 Å². The molecule has 0 saturated heterocycles. The molecule has 24 heavy (non-hydrogen) atoms. The molecule has 2 aromatic carbocycles. The number of ether oxygens (including phenoxy) is 1. The number of aryl methyl sites for hydroxylation is 3. The summed E-state index contributed by atoms with van der Waals surface area (Å²) < 4.78 is 5.32. The highest BCUT2D eigenvalue weighted by atomic mass is 16.5. The lowest BCUT2D eigenvalue weighted by Crippen LogP contribution is -2.22. The molecule has 0 aliphatic carbocycles. The van der Waals surface area contributed by atoms with Crippen molar-refractivity contribution in [3.63, 3.8) is 0 Å². The van der Waals surface area contributed by atoms with Gasteiger partial charge in [-0.05, 0) is 38.0 Å². The molecule has 0 aromatic heterocycles. The smallest absolute Gasteiger partial charge is 0.225 e. The standard InChI is InChI=1S/C20H26N2O2/c1-14-11-15(2)20(16(3)12-14)22-19(23)9-10-21-13-17-7-5-6-8-18(17)24-4/h5-8,11-12,21H,9-10,13H2,1-4H3,(H,22,23). The summed E-state index contributed by atoms with van der Waals surface area (Å²) >= 11 is 0. The average Bonchev–Trinajstić information content (AvgIpc) is 2.55. The fraction of sp³-hybridized carbons (Fsp3) is 0.350. The third-order valence-corrected chi connectivity index (χ3v) is 3.98. The summed E-state index contributed by atoms with van der Waals surface area (Å²) in [5.74, 6) is 0.887. The van der Waals surface area contributed by atoms with Crippen molar-refractivity contribution in [2.24, 2.45) is 0 Å². The Morgan fingerprint density at radius 2 is 1.75 bits per heavy atom. The summed E-state index contributed by atoms with van der Waals surface area (Å²) in [5, 5.41) is 6.31. The quantitative estimate of drug-likeness (QED) is 0.762. The van der Waals surface area contributed by atoms with E-state index in [2.05, 4.69) is 29.7 Å². The van der Waals surface area contributed by atoms with Gasteiger partial charge in [0.1, 0.15) is 5.75 Å². The number of nitrogens with one attached hydrogen (secondary N) is 2. The van der Waals surface area contributed by atoms with Crippen LogP contribution in [0.2, 0.25) is 0 Å². The van der Waals surface area contributed by atoms with Crippen LogP contribution in [0.25, 0.3) is 0 Å². The molecular formula is C20H26N2O2. The maximum absolute atomic E-state index is 12.2. The molecule has 0 saturated carbocycles. The Bertz CT molecular complexity index is 688. The van der Waals surface area contributed by atoms with Crippen LogP contribution >= 0.6 is 0 Å². The molecule has 0 radical (unpaired) electrons. The Morgan fingerprint density at radius 3 is 2.42 bits per heavy atom. The van der Waals surface area contributed by atoms with E-state index in [1.165, 1.54) is 5.56 Å². The predicted octanol–water partition coefficient (Wildman–Crippen LogP) is 3.74. The first-order valence-electron chi connectivity index (χ1n) is 8.21. The van der Waals surface area contributed by atoms with Gasteiger partial charge in [0, 0.05) is 30.8 Å². The van der Waals surface area contributed by atoms with E-state index in [9.17, 15) is 4.79 Å². The summed E-state index contributed by atoms with van der Waals surface area (Å²) in [4.78, 5) is 12.2. The van der Waals surface area contributed by atoms with Gasteiger partial charge in [-0.3, -0.25) is 4.79 Å². The predicted molar refractivity (Wildman–Crippen MR) is 98.6 cm³/mol. The minimum Gasteiger partial charge on any atom is -0.496 e. The van der Waals surface area contributed by atoms with Crippen molar-refractivity contribution in [3.05, 3.63) is 58.7 Å². The third kappa shape index (κ3) is 4.83. The third-order valence-electron chi connectivity index (χ3n) is 3.98. The molecule has 4 nitrogen and oxygen atoms in total. The van der Waals surface area contributed by atoms with E-state index in [1.807, 2.05) is 38.1 Å². The lowest BCUT2D eigenvalue weighted by molar-refractivity contribution is -0.116. The fourth-order valence-electron chi connectivity index (χ4n) is 2.85. The van der Waals surface area contributed by atoms with Crippen LogP contribution < -0.4 is 15.4 Å². The van der Waals surface area contributed by atoms with E-state index in [0.717, 1.165) is 28.1 Å². The van der Waals surface area contributed by atoms with Crippen molar-refractivity contribution in [3.8, 4) is 5.75 Å². The lowest BCUT2D eigenvalue weighted by atomic mass is 10.1. The minimum atomic E-state index is 0.0255. The Labute approximate surface area is 144 Å².